The van der Waals surface area contributed by atoms with Crippen LogP contribution in [0.3, 0.4) is 0 Å². The molecule has 0 spiro atoms. The summed E-state index contributed by atoms with van der Waals surface area (Å²) in [7, 11) is 0. The zero-order valence-corrected chi connectivity index (χ0v) is 23.0. The SMILES string of the molecule is c1ccc(CO[C@@H]2[C@H](OCc3ccccc3)[C@H](OCC3CCCCC3)O[C@@H]3CO[C@@H](c4ccccc4)O[C@@H]23)cc1. The molecule has 1 aliphatic carbocycles. The van der Waals surface area contributed by atoms with Crippen molar-refractivity contribution in [1.29, 1.82) is 0 Å². The van der Waals surface area contributed by atoms with Crippen LogP contribution in [0.4, 0.5) is 0 Å². The van der Waals surface area contributed by atoms with Crippen molar-refractivity contribution < 1.29 is 28.4 Å². The first-order valence-electron chi connectivity index (χ1n) is 14.7. The number of benzene rings is 3. The molecule has 6 atom stereocenters. The second kappa shape index (κ2) is 13.9. The fraction of sp³-hybridized carbons (Fsp3) is 0.471. The lowest BCUT2D eigenvalue weighted by Gasteiger charge is -2.49. The molecule has 3 aromatic carbocycles. The molecule has 2 saturated heterocycles. The Kier molecular flexibility index (Phi) is 9.56. The van der Waals surface area contributed by atoms with E-state index >= 15 is 0 Å². The summed E-state index contributed by atoms with van der Waals surface area (Å²) in [6.07, 6.45) is 3.60. The zero-order valence-electron chi connectivity index (χ0n) is 23.0. The summed E-state index contributed by atoms with van der Waals surface area (Å²) in [5.74, 6) is 0.551. The van der Waals surface area contributed by atoms with Gasteiger partial charge in [-0.1, -0.05) is 110 Å². The Hall–Kier alpha value is -2.58. The van der Waals surface area contributed by atoms with Crippen LogP contribution in [0.25, 0.3) is 0 Å². The van der Waals surface area contributed by atoms with Crippen LogP contribution in [0.1, 0.15) is 55.1 Å². The van der Waals surface area contributed by atoms with E-state index in [0.29, 0.717) is 32.3 Å². The van der Waals surface area contributed by atoms with E-state index in [2.05, 4.69) is 24.3 Å². The third-order valence-electron chi connectivity index (χ3n) is 8.15. The summed E-state index contributed by atoms with van der Waals surface area (Å²) in [5, 5.41) is 0. The van der Waals surface area contributed by atoms with Crippen LogP contribution in [0.15, 0.2) is 91.0 Å². The molecule has 40 heavy (non-hydrogen) atoms. The molecule has 2 aliphatic heterocycles. The van der Waals surface area contributed by atoms with Crippen molar-refractivity contribution in [3.05, 3.63) is 108 Å². The molecule has 0 amide bonds. The van der Waals surface area contributed by atoms with Gasteiger partial charge in [-0.05, 0) is 29.9 Å². The van der Waals surface area contributed by atoms with Gasteiger partial charge in [0.05, 0.1) is 26.4 Å². The molecule has 0 N–H and O–H groups in total. The predicted molar refractivity (Wildman–Crippen MR) is 151 cm³/mol. The Balaban J connectivity index is 1.25. The normalized spacial score (nSPS) is 29.1. The Bertz CT molecular complexity index is 1140. The fourth-order valence-electron chi connectivity index (χ4n) is 5.94. The molecule has 6 rings (SSSR count). The summed E-state index contributed by atoms with van der Waals surface area (Å²) < 4.78 is 39.1. The van der Waals surface area contributed by atoms with Gasteiger partial charge in [0.2, 0.25) is 0 Å². The van der Waals surface area contributed by atoms with Crippen molar-refractivity contribution in [2.24, 2.45) is 5.92 Å². The monoisotopic (exact) mass is 544 g/mol. The Labute approximate surface area is 237 Å². The maximum atomic E-state index is 6.68. The number of rotatable bonds is 10. The van der Waals surface area contributed by atoms with Gasteiger partial charge in [-0.25, -0.2) is 0 Å². The minimum Gasteiger partial charge on any atom is -0.368 e. The molecule has 0 aromatic heterocycles. The molecule has 3 aliphatic rings. The third-order valence-corrected chi connectivity index (χ3v) is 8.15. The smallest absolute Gasteiger partial charge is 0.186 e. The van der Waals surface area contributed by atoms with Crippen LogP contribution in [0.2, 0.25) is 0 Å². The van der Waals surface area contributed by atoms with Crippen molar-refractivity contribution in [3.8, 4) is 0 Å². The van der Waals surface area contributed by atoms with E-state index in [9.17, 15) is 0 Å². The van der Waals surface area contributed by atoms with Crippen LogP contribution in [0, 0.1) is 5.92 Å². The van der Waals surface area contributed by atoms with Crippen LogP contribution < -0.4 is 0 Å². The Morgan fingerprint density at radius 2 is 1.23 bits per heavy atom. The predicted octanol–water partition coefficient (Wildman–Crippen LogP) is 6.59. The van der Waals surface area contributed by atoms with Crippen molar-refractivity contribution in [3.63, 3.8) is 0 Å². The molecule has 0 bridgehead atoms. The molecule has 3 aromatic rings. The molecule has 1 saturated carbocycles. The molecular formula is C34H40O6. The second-order valence-corrected chi connectivity index (χ2v) is 11.1. The average molecular weight is 545 g/mol. The van der Waals surface area contributed by atoms with E-state index in [1.165, 1.54) is 32.1 Å². The first-order valence-corrected chi connectivity index (χ1v) is 14.7. The van der Waals surface area contributed by atoms with Crippen LogP contribution in [-0.4, -0.2) is 43.9 Å². The molecule has 2 heterocycles. The van der Waals surface area contributed by atoms with Crippen LogP contribution in [-0.2, 0) is 41.6 Å². The lowest BCUT2D eigenvalue weighted by Crippen LogP contribution is -2.63. The van der Waals surface area contributed by atoms with E-state index in [0.717, 1.165) is 16.7 Å². The van der Waals surface area contributed by atoms with Crippen molar-refractivity contribution in [2.45, 2.75) is 82.3 Å². The van der Waals surface area contributed by atoms with Gasteiger partial charge in [0.15, 0.2) is 12.6 Å². The molecule has 0 radical (unpaired) electrons. The maximum Gasteiger partial charge on any atom is 0.186 e. The fourth-order valence-corrected chi connectivity index (χ4v) is 5.94. The number of hydrogen-bond donors (Lipinski definition) is 0. The zero-order chi connectivity index (χ0) is 27.0. The van der Waals surface area contributed by atoms with Gasteiger partial charge in [0, 0.05) is 5.56 Å². The van der Waals surface area contributed by atoms with E-state index in [4.69, 9.17) is 28.4 Å². The molecule has 6 nitrogen and oxygen atoms in total. The standard InChI is InChI=1S/C34H40O6/c1-5-13-25(14-6-1)21-35-31-30-29(24-38-33(40-30)28-19-11-4-12-20-28)39-34(37-23-27-17-9-3-10-18-27)32(31)36-22-26-15-7-2-8-16-26/h1-2,4-8,11-16,19-20,27,29-34H,3,9-10,17-18,21-24H2/t29-,30-,31+,32+,33-,34-/m1/s1. The van der Waals surface area contributed by atoms with Crippen LogP contribution >= 0.6 is 0 Å². The molecule has 3 fully saturated rings. The van der Waals surface area contributed by atoms with Gasteiger partial charge >= 0.3 is 0 Å². The first-order chi connectivity index (χ1) is 19.8. The summed E-state index contributed by atoms with van der Waals surface area (Å²) in [4.78, 5) is 0. The highest BCUT2D eigenvalue weighted by atomic mass is 16.8. The second-order valence-electron chi connectivity index (χ2n) is 11.1. The molecule has 6 heteroatoms. The largest absolute Gasteiger partial charge is 0.368 e. The van der Waals surface area contributed by atoms with Gasteiger partial charge in [-0.3, -0.25) is 0 Å². The van der Waals surface area contributed by atoms with Crippen LogP contribution in [0.5, 0.6) is 0 Å². The van der Waals surface area contributed by atoms with E-state index in [1.54, 1.807) is 0 Å². The third kappa shape index (κ3) is 7.00. The van der Waals surface area contributed by atoms with Gasteiger partial charge < -0.3 is 28.4 Å². The average Bonchev–Trinajstić information content (AvgIpc) is 3.03. The topological polar surface area (TPSA) is 55.4 Å². The summed E-state index contributed by atoms with van der Waals surface area (Å²) >= 11 is 0. The van der Waals surface area contributed by atoms with Crippen molar-refractivity contribution in [2.75, 3.05) is 13.2 Å². The highest BCUT2D eigenvalue weighted by Crippen LogP contribution is 2.38. The van der Waals surface area contributed by atoms with E-state index < -0.39 is 24.8 Å². The summed E-state index contributed by atoms with van der Waals surface area (Å²) in [6, 6.07) is 30.5. The summed E-state index contributed by atoms with van der Waals surface area (Å²) in [5.41, 5.74) is 3.16. The highest BCUT2D eigenvalue weighted by Gasteiger charge is 2.52. The molecular weight excluding hydrogens is 504 g/mol. The van der Waals surface area contributed by atoms with Crippen molar-refractivity contribution in [1.82, 2.24) is 0 Å². The minimum absolute atomic E-state index is 0.325. The first kappa shape index (κ1) is 27.6. The quantitative estimate of drug-likeness (QED) is 0.287. The minimum atomic E-state index is -0.576. The van der Waals surface area contributed by atoms with Gasteiger partial charge in [-0.15, -0.1) is 0 Å². The van der Waals surface area contributed by atoms with E-state index in [1.807, 2.05) is 66.7 Å². The van der Waals surface area contributed by atoms with Gasteiger partial charge in [0.1, 0.15) is 24.4 Å². The maximum absolute atomic E-state index is 6.68. The highest BCUT2D eigenvalue weighted by molar-refractivity contribution is 5.17. The van der Waals surface area contributed by atoms with Crippen molar-refractivity contribution >= 4 is 0 Å². The molecule has 212 valence electrons. The number of ether oxygens (including phenoxy) is 6. The Morgan fingerprint density at radius 1 is 0.625 bits per heavy atom. The molecule has 0 unspecified atom stereocenters. The lowest BCUT2D eigenvalue weighted by atomic mass is 9.90. The summed E-state index contributed by atoms with van der Waals surface area (Å²) in [6.45, 7) is 1.92. The Morgan fingerprint density at radius 3 is 1.88 bits per heavy atom. The van der Waals surface area contributed by atoms with Gasteiger partial charge in [0.25, 0.3) is 0 Å². The van der Waals surface area contributed by atoms with E-state index in [-0.39, 0.29) is 12.2 Å². The number of fused-ring (bicyclic) bond motifs is 1. The lowest BCUT2D eigenvalue weighted by molar-refractivity contribution is -0.373. The number of hydrogen-bond acceptors (Lipinski definition) is 6. The van der Waals surface area contributed by atoms with Gasteiger partial charge in [-0.2, -0.15) is 0 Å².